The molecule has 0 nitrogen and oxygen atoms in total. The van der Waals surface area contributed by atoms with E-state index >= 15 is 0 Å². The Labute approximate surface area is 328 Å². The number of benzene rings is 7. The van der Waals surface area contributed by atoms with Crippen molar-refractivity contribution in [3.63, 3.8) is 0 Å². The maximum absolute atomic E-state index is 5.97. The van der Waals surface area contributed by atoms with E-state index in [2.05, 4.69) is 178 Å². The van der Waals surface area contributed by atoms with Crippen LogP contribution in [0.3, 0.4) is 0 Å². The van der Waals surface area contributed by atoms with Gasteiger partial charge in [-0.2, -0.15) is 12.1 Å². The van der Waals surface area contributed by atoms with Crippen molar-refractivity contribution in [1.82, 2.24) is 0 Å². The molecule has 53 heavy (non-hydrogen) atoms. The maximum atomic E-state index is 5.97. The number of hydrogen-bond donors (Lipinski definition) is 0. The van der Waals surface area contributed by atoms with Crippen LogP contribution < -0.4 is 5.19 Å². The van der Waals surface area contributed by atoms with Crippen LogP contribution in [0.1, 0.15) is 25.0 Å². The van der Waals surface area contributed by atoms with Crippen LogP contribution in [0.25, 0.3) is 65.3 Å². The molecule has 0 atom stereocenters. The van der Waals surface area contributed by atoms with E-state index in [0.717, 1.165) is 12.8 Å². The summed E-state index contributed by atoms with van der Waals surface area (Å²) in [6.45, 7) is 6.63. The number of halogens is 2. The van der Waals surface area contributed by atoms with Crippen molar-refractivity contribution >= 4 is 70.7 Å². The van der Waals surface area contributed by atoms with Crippen LogP contribution in [0.4, 0.5) is 0 Å². The Morgan fingerprint density at radius 3 is 1.26 bits per heavy atom. The van der Waals surface area contributed by atoms with E-state index in [1.54, 1.807) is 0 Å². The van der Waals surface area contributed by atoms with Gasteiger partial charge in [0.25, 0.3) is 0 Å². The molecule has 9 aromatic rings. The molecular weight excluding hydrogens is 779 g/mol. The summed E-state index contributed by atoms with van der Waals surface area (Å²) in [5.41, 5.74) is 7.60. The summed E-state index contributed by atoms with van der Waals surface area (Å²) < 4.78 is 0. The second-order valence-corrected chi connectivity index (χ2v) is 34.3. The van der Waals surface area contributed by atoms with Crippen molar-refractivity contribution in [2.45, 2.75) is 33.2 Å². The fourth-order valence-corrected chi connectivity index (χ4v) is 14.8. The molecule has 0 saturated heterocycles. The molecule has 0 aliphatic rings. The molecular formula is C49H42Cl2SiZr-2. The van der Waals surface area contributed by atoms with Crippen molar-refractivity contribution < 1.29 is 18.0 Å². The Hall–Kier alpha value is -4.04. The van der Waals surface area contributed by atoms with E-state index < -0.39 is 23.4 Å². The molecule has 0 heterocycles. The summed E-state index contributed by atoms with van der Waals surface area (Å²) in [5, 5.41) is 12.0. The Morgan fingerprint density at radius 1 is 0.453 bits per heavy atom. The summed E-state index contributed by atoms with van der Waals surface area (Å²) in [4.78, 5) is 0. The second kappa shape index (κ2) is 17.4. The second-order valence-electron chi connectivity index (χ2n) is 13.4. The molecule has 0 amide bonds. The number of fused-ring (bicyclic) bond motifs is 4. The normalized spacial score (nSPS) is 10.9. The zero-order valence-electron chi connectivity index (χ0n) is 30.4. The van der Waals surface area contributed by atoms with Crippen molar-refractivity contribution in [2.24, 2.45) is 0 Å². The van der Waals surface area contributed by atoms with Gasteiger partial charge in [-0.25, -0.2) is 0 Å². The van der Waals surface area contributed by atoms with Gasteiger partial charge in [0.15, 0.2) is 0 Å². The summed E-state index contributed by atoms with van der Waals surface area (Å²) in [6, 6.07) is 63.3. The van der Waals surface area contributed by atoms with Crippen molar-refractivity contribution in [2.75, 3.05) is 0 Å². The molecule has 0 N–H and O–H groups in total. The van der Waals surface area contributed by atoms with E-state index in [0.29, 0.717) is 0 Å². The van der Waals surface area contributed by atoms with Crippen molar-refractivity contribution in [3.05, 3.63) is 187 Å². The van der Waals surface area contributed by atoms with Gasteiger partial charge < -0.3 is 0 Å². The van der Waals surface area contributed by atoms with Crippen LogP contribution in [-0.4, -0.2) is 5.43 Å². The Morgan fingerprint density at radius 2 is 0.830 bits per heavy atom. The van der Waals surface area contributed by atoms with E-state index in [9.17, 15) is 0 Å². The molecule has 4 heteroatoms. The van der Waals surface area contributed by atoms with Crippen LogP contribution in [0.2, 0.25) is 6.55 Å². The average molecular weight is 821 g/mol. The first-order valence-electron chi connectivity index (χ1n) is 18.4. The summed E-state index contributed by atoms with van der Waals surface area (Å²) in [5.74, 6) is 0. The fourth-order valence-electron chi connectivity index (χ4n) is 7.19. The number of aryl methyl sites for hydroxylation is 2. The molecule has 0 aliphatic heterocycles. The van der Waals surface area contributed by atoms with Crippen LogP contribution in [0, 0.1) is 0 Å². The van der Waals surface area contributed by atoms with Gasteiger partial charge >= 0.3 is 82.5 Å². The van der Waals surface area contributed by atoms with Gasteiger partial charge in [0.2, 0.25) is 0 Å². The molecule has 0 aromatic heterocycles. The fraction of sp³-hybridized carbons (Fsp3) is 0.102. The molecule has 0 bridgehead atoms. The predicted octanol–water partition coefficient (Wildman–Crippen LogP) is 14.3. The third kappa shape index (κ3) is 8.38. The molecule has 0 fully saturated rings. The zero-order chi connectivity index (χ0) is 36.7. The first-order valence-corrected chi connectivity index (χ1v) is 30.4. The van der Waals surface area contributed by atoms with Crippen molar-refractivity contribution in [1.29, 1.82) is 0 Å². The van der Waals surface area contributed by atoms with Crippen LogP contribution in [0.15, 0.2) is 176 Å². The van der Waals surface area contributed by atoms with Gasteiger partial charge in [-0.05, 0) is 45.5 Å². The quantitative estimate of drug-likeness (QED) is 0.120. The van der Waals surface area contributed by atoms with Crippen molar-refractivity contribution in [3.8, 4) is 22.3 Å². The molecule has 0 radical (unpaired) electrons. The number of rotatable bonds is 5. The third-order valence-corrected chi connectivity index (χ3v) is 28.2. The topological polar surface area (TPSA) is 0 Å². The van der Waals surface area contributed by atoms with Gasteiger partial charge in [0.05, 0.1) is 0 Å². The van der Waals surface area contributed by atoms with Crippen LogP contribution >= 0.6 is 17.0 Å². The summed E-state index contributed by atoms with van der Waals surface area (Å²) in [7, 11) is 11.9. The summed E-state index contributed by atoms with van der Waals surface area (Å²) >= 11 is -1.95. The predicted molar refractivity (Wildman–Crippen MR) is 233 cm³/mol. The SMILES string of the molecule is CCc1cc2c(-c3cccc4ccccc34)cccc2[cH-]1.CCc1cc2c(-c3cccc4ccccc34)cccc2[cH-]1.C[Si](c1ccccc1)=[Zr]([Cl])[Cl]. The zero-order valence-corrected chi connectivity index (χ0v) is 35.4. The van der Waals surface area contributed by atoms with Gasteiger partial charge in [0, 0.05) is 0 Å². The summed E-state index contributed by atoms with van der Waals surface area (Å²) in [6.07, 6.45) is 2.17. The Bertz CT molecular complexity index is 2510. The van der Waals surface area contributed by atoms with E-state index in [-0.39, 0.29) is 0 Å². The standard InChI is InChI=1S/2C21H17.C7H8Si.2ClH.Zr/c2*1-2-15-13-17-9-6-12-20(21(17)14-15)19-11-5-8-16-7-3-4-10-18(16)19;1-8-7-5-3-2-4-6-7;;;/h2*3-14H,2H2,1H3;2-6H,1H3;2*1H;/q2*-1;;;;+2/p-2. The molecule has 0 aliphatic carbocycles. The minimum absolute atomic E-state index is 0.557. The first-order chi connectivity index (χ1) is 25.9. The van der Waals surface area contributed by atoms with E-state index in [1.807, 2.05) is 18.2 Å². The van der Waals surface area contributed by atoms with E-state index in [4.69, 9.17) is 17.0 Å². The molecule has 0 unspecified atom stereocenters. The number of hydrogen-bond acceptors (Lipinski definition) is 0. The van der Waals surface area contributed by atoms with E-state index in [1.165, 1.54) is 81.7 Å². The van der Waals surface area contributed by atoms with Gasteiger partial charge in [-0.1, -0.05) is 122 Å². The van der Waals surface area contributed by atoms with Crippen LogP contribution in [0.5, 0.6) is 0 Å². The average Bonchev–Trinajstić information content (AvgIpc) is 3.85. The first kappa shape index (κ1) is 37.3. The molecule has 262 valence electrons. The van der Waals surface area contributed by atoms with Gasteiger partial charge in [-0.3, -0.25) is 0 Å². The van der Waals surface area contributed by atoms with Crippen LogP contribution in [-0.2, 0) is 30.8 Å². The molecule has 9 aromatic carbocycles. The monoisotopic (exact) mass is 818 g/mol. The minimum atomic E-state index is -1.95. The third-order valence-electron chi connectivity index (χ3n) is 10.1. The Balaban J connectivity index is 0.000000130. The Kier molecular flexibility index (Phi) is 12.2. The molecule has 0 spiro atoms. The van der Waals surface area contributed by atoms with Gasteiger partial charge in [0.1, 0.15) is 0 Å². The molecule has 9 rings (SSSR count). The molecule has 0 saturated carbocycles. The van der Waals surface area contributed by atoms with Gasteiger partial charge in [-0.15, -0.1) is 69.1 Å².